The Morgan fingerprint density at radius 1 is 1.06 bits per heavy atom. The van der Waals surface area contributed by atoms with Crippen LogP contribution in [0.1, 0.15) is 47.0 Å². The van der Waals surface area contributed by atoms with Crippen molar-refractivity contribution in [3.8, 4) is 0 Å². The van der Waals surface area contributed by atoms with Crippen LogP contribution < -0.4 is 0 Å². The third-order valence-corrected chi connectivity index (χ3v) is 4.54. The molecule has 2 amide bonds. The molecule has 1 heterocycles. The van der Waals surface area contributed by atoms with Crippen molar-refractivity contribution in [3.05, 3.63) is 0 Å². The molecule has 1 saturated heterocycles. The van der Waals surface area contributed by atoms with Gasteiger partial charge >= 0.3 is 0 Å². The summed E-state index contributed by atoms with van der Waals surface area (Å²) < 4.78 is 0. The van der Waals surface area contributed by atoms with E-state index in [1.807, 2.05) is 0 Å². The van der Waals surface area contributed by atoms with Crippen molar-refractivity contribution in [1.82, 2.24) is 4.90 Å². The number of imide groups is 1. The first kappa shape index (κ1) is 11.6. The van der Waals surface area contributed by atoms with E-state index in [4.69, 9.17) is 0 Å². The Bertz CT molecular complexity index is 370. The monoisotopic (exact) mass is 223 g/mol. The summed E-state index contributed by atoms with van der Waals surface area (Å²) in [5.74, 6) is 0.0175. The second-order valence-electron chi connectivity index (χ2n) is 6.92. The minimum Gasteiger partial charge on any atom is -0.285 e. The zero-order valence-corrected chi connectivity index (χ0v) is 10.9. The van der Waals surface area contributed by atoms with E-state index < -0.39 is 5.41 Å². The maximum absolute atomic E-state index is 12.3. The highest BCUT2D eigenvalue weighted by molar-refractivity contribution is 6.06. The largest absolute Gasteiger partial charge is 0.285 e. The van der Waals surface area contributed by atoms with Gasteiger partial charge in [0.05, 0.1) is 5.41 Å². The van der Waals surface area contributed by atoms with Crippen LogP contribution in [-0.4, -0.2) is 23.8 Å². The van der Waals surface area contributed by atoms with Crippen LogP contribution in [0.15, 0.2) is 0 Å². The number of amides is 2. The van der Waals surface area contributed by atoms with Gasteiger partial charge in [0.15, 0.2) is 0 Å². The van der Waals surface area contributed by atoms with Crippen molar-refractivity contribution < 1.29 is 9.59 Å². The number of carbonyl (C=O) groups excluding carboxylic acids is 2. The van der Waals surface area contributed by atoms with Gasteiger partial charge in [0, 0.05) is 13.5 Å². The average Bonchev–Trinajstić information content (AvgIpc) is 2.40. The van der Waals surface area contributed by atoms with Gasteiger partial charge in [-0.2, -0.15) is 0 Å². The molecule has 2 aliphatic rings. The lowest BCUT2D eigenvalue weighted by molar-refractivity contribution is -0.142. The van der Waals surface area contributed by atoms with Gasteiger partial charge < -0.3 is 0 Å². The van der Waals surface area contributed by atoms with Gasteiger partial charge in [-0.3, -0.25) is 14.5 Å². The molecular weight excluding hydrogens is 202 g/mol. The first-order valence-electron chi connectivity index (χ1n) is 5.92. The van der Waals surface area contributed by atoms with Gasteiger partial charge in [0.2, 0.25) is 11.8 Å². The average molecular weight is 223 g/mol. The van der Waals surface area contributed by atoms with Crippen molar-refractivity contribution >= 4 is 11.8 Å². The van der Waals surface area contributed by atoms with E-state index >= 15 is 0 Å². The fourth-order valence-corrected chi connectivity index (χ4v) is 4.04. The number of likely N-dealkylation sites (tertiary alicyclic amines) is 1. The van der Waals surface area contributed by atoms with Crippen molar-refractivity contribution in [2.24, 2.45) is 16.2 Å². The molecule has 3 nitrogen and oxygen atoms in total. The van der Waals surface area contributed by atoms with Crippen LogP contribution >= 0.6 is 0 Å². The van der Waals surface area contributed by atoms with E-state index in [9.17, 15) is 9.59 Å². The molecule has 0 aromatic rings. The normalized spacial score (nSPS) is 36.4. The zero-order chi connectivity index (χ0) is 12.4. The number of nitrogens with zero attached hydrogens (tertiary/aromatic N) is 1. The topological polar surface area (TPSA) is 37.4 Å². The zero-order valence-electron chi connectivity index (χ0n) is 10.9. The van der Waals surface area contributed by atoms with Crippen LogP contribution in [-0.2, 0) is 9.59 Å². The first-order valence-corrected chi connectivity index (χ1v) is 5.92. The molecule has 1 spiro atoms. The molecule has 0 aromatic carbocycles. The Labute approximate surface area is 97.2 Å². The van der Waals surface area contributed by atoms with Crippen LogP contribution in [0.5, 0.6) is 0 Å². The first-order chi connectivity index (χ1) is 7.11. The lowest BCUT2D eigenvalue weighted by Gasteiger charge is -2.35. The molecule has 0 aromatic heterocycles. The quantitative estimate of drug-likeness (QED) is 0.590. The number of hydrogen-bond donors (Lipinski definition) is 0. The van der Waals surface area contributed by atoms with Crippen LogP contribution in [0.2, 0.25) is 0 Å². The minimum atomic E-state index is -0.442. The predicted octanol–water partition coefficient (Wildman–Crippen LogP) is 2.21. The lowest BCUT2D eigenvalue weighted by atomic mass is 9.67. The second-order valence-corrected chi connectivity index (χ2v) is 6.92. The molecule has 0 radical (unpaired) electrons. The molecule has 1 atom stereocenters. The number of rotatable bonds is 0. The van der Waals surface area contributed by atoms with E-state index in [0.717, 1.165) is 12.8 Å². The lowest BCUT2D eigenvalue weighted by Crippen LogP contribution is -2.40. The molecule has 1 unspecified atom stereocenters. The van der Waals surface area contributed by atoms with E-state index in [0.29, 0.717) is 6.42 Å². The molecule has 1 aliphatic heterocycles. The summed E-state index contributed by atoms with van der Waals surface area (Å²) >= 11 is 0. The summed E-state index contributed by atoms with van der Waals surface area (Å²) in [7, 11) is 1.61. The van der Waals surface area contributed by atoms with Crippen molar-refractivity contribution in [2.45, 2.75) is 47.0 Å². The van der Waals surface area contributed by atoms with Gasteiger partial charge in [0.25, 0.3) is 0 Å². The Morgan fingerprint density at radius 2 is 1.62 bits per heavy atom. The van der Waals surface area contributed by atoms with Crippen LogP contribution in [0.3, 0.4) is 0 Å². The molecule has 0 N–H and O–H groups in total. The Balaban J connectivity index is 2.47. The third-order valence-electron chi connectivity index (χ3n) is 4.54. The summed E-state index contributed by atoms with van der Waals surface area (Å²) in [6.45, 7) is 8.65. The van der Waals surface area contributed by atoms with Crippen LogP contribution in [0.25, 0.3) is 0 Å². The van der Waals surface area contributed by atoms with Gasteiger partial charge in [-0.05, 0) is 23.7 Å². The summed E-state index contributed by atoms with van der Waals surface area (Å²) in [6.07, 6.45) is 2.24. The fourth-order valence-electron chi connectivity index (χ4n) is 4.04. The molecular formula is C13H21NO2. The minimum absolute atomic E-state index is 0.0178. The van der Waals surface area contributed by atoms with Gasteiger partial charge in [0.1, 0.15) is 0 Å². The Kier molecular flexibility index (Phi) is 2.09. The Morgan fingerprint density at radius 3 is 1.94 bits per heavy atom. The van der Waals surface area contributed by atoms with Gasteiger partial charge in [-0.15, -0.1) is 0 Å². The third kappa shape index (κ3) is 1.26. The van der Waals surface area contributed by atoms with Crippen molar-refractivity contribution in [2.75, 3.05) is 7.05 Å². The highest BCUT2D eigenvalue weighted by Crippen LogP contribution is 2.64. The predicted molar refractivity (Wildman–Crippen MR) is 61.6 cm³/mol. The molecule has 1 aliphatic carbocycles. The molecule has 0 bridgehead atoms. The molecule has 90 valence electrons. The SMILES string of the molecule is CN1C(=O)CC2(CC(C)(C)CC2(C)C)C1=O. The highest BCUT2D eigenvalue weighted by Gasteiger charge is 2.64. The summed E-state index contributed by atoms with van der Waals surface area (Å²) in [6, 6.07) is 0. The summed E-state index contributed by atoms with van der Waals surface area (Å²) in [4.78, 5) is 25.4. The van der Waals surface area contributed by atoms with Crippen molar-refractivity contribution in [1.29, 1.82) is 0 Å². The van der Waals surface area contributed by atoms with Crippen LogP contribution in [0.4, 0.5) is 0 Å². The van der Waals surface area contributed by atoms with Gasteiger partial charge in [-0.25, -0.2) is 0 Å². The Hall–Kier alpha value is -0.860. The number of carbonyl (C=O) groups is 2. The van der Waals surface area contributed by atoms with Gasteiger partial charge in [-0.1, -0.05) is 27.7 Å². The molecule has 1 saturated carbocycles. The highest BCUT2D eigenvalue weighted by atomic mass is 16.2. The summed E-state index contributed by atoms with van der Waals surface area (Å²) in [5.41, 5.74) is -0.360. The van der Waals surface area contributed by atoms with Crippen LogP contribution in [0, 0.1) is 16.2 Å². The standard InChI is InChI=1S/C13H21NO2/c1-11(2)7-12(3,4)13(8-11)6-9(15)14(5)10(13)16/h6-8H2,1-5H3. The van der Waals surface area contributed by atoms with Crippen molar-refractivity contribution in [3.63, 3.8) is 0 Å². The molecule has 2 rings (SSSR count). The van der Waals surface area contributed by atoms with E-state index in [1.54, 1.807) is 7.05 Å². The van der Waals surface area contributed by atoms with E-state index in [2.05, 4.69) is 27.7 Å². The van der Waals surface area contributed by atoms with E-state index in [1.165, 1.54) is 4.90 Å². The molecule has 3 heteroatoms. The number of hydrogen-bond acceptors (Lipinski definition) is 2. The maximum atomic E-state index is 12.3. The van der Waals surface area contributed by atoms with E-state index in [-0.39, 0.29) is 22.6 Å². The second kappa shape index (κ2) is 2.88. The smallest absolute Gasteiger partial charge is 0.236 e. The molecule has 2 fully saturated rings. The fraction of sp³-hybridized carbons (Fsp3) is 0.846. The summed E-state index contributed by atoms with van der Waals surface area (Å²) in [5, 5.41) is 0. The molecule has 16 heavy (non-hydrogen) atoms. The maximum Gasteiger partial charge on any atom is 0.236 e.